The Balaban J connectivity index is 2.29. The van der Waals surface area contributed by atoms with E-state index in [2.05, 4.69) is 5.32 Å². The lowest BCUT2D eigenvalue weighted by Crippen LogP contribution is -2.44. The smallest absolute Gasteiger partial charge is 0.217 e. The van der Waals surface area contributed by atoms with E-state index in [1.54, 1.807) is 0 Å². The molecule has 0 aliphatic heterocycles. The van der Waals surface area contributed by atoms with E-state index in [0.29, 0.717) is 5.92 Å². The largest absolute Gasteiger partial charge is 0.394 e. The number of hydrogen-bond acceptors (Lipinski definition) is 2. The number of aliphatic hydroxyl groups is 1. The summed E-state index contributed by atoms with van der Waals surface area (Å²) >= 11 is 0. The van der Waals surface area contributed by atoms with Crippen molar-refractivity contribution in [1.82, 2.24) is 5.32 Å². The Hall–Kier alpha value is -0.570. The van der Waals surface area contributed by atoms with Gasteiger partial charge in [-0.15, -0.1) is 0 Å². The standard InChI is InChI=1S/C8H15NO2/c1-6(11)9-8(5-10)7-3-2-4-7/h7-8,10H,2-5H2,1H3,(H,9,11)/t8-/m0/s1. The van der Waals surface area contributed by atoms with Crippen LogP contribution in [0.2, 0.25) is 0 Å². The quantitative estimate of drug-likeness (QED) is 0.618. The minimum atomic E-state index is -0.0454. The molecule has 1 amide bonds. The molecule has 1 aliphatic carbocycles. The molecule has 3 nitrogen and oxygen atoms in total. The van der Waals surface area contributed by atoms with Gasteiger partial charge >= 0.3 is 0 Å². The topological polar surface area (TPSA) is 49.3 Å². The van der Waals surface area contributed by atoms with Gasteiger partial charge in [0.1, 0.15) is 0 Å². The molecule has 0 spiro atoms. The molecule has 3 heteroatoms. The summed E-state index contributed by atoms with van der Waals surface area (Å²) in [6.07, 6.45) is 3.53. The van der Waals surface area contributed by atoms with Gasteiger partial charge in [0.2, 0.25) is 5.91 Å². The van der Waals surface area contributed by atoms with Crippen LogP contribution in [0.5, 0.6) is 0 Å². The van der Waals surface area contributed by atoms with Crippen molar-refractivity contribution in [3.8, 4) is 0 Å². The normalized spacial score (nSPS) is 20.5. The predicted octanol–water partition coefficient (Wildman–Crippen LogP) is 0.283. The first-order chi connectivity index (χ1) is 5.24. The Morgan fingerprint density at radius 1 is 1.73 bits per heavy atom. The van der Waals surface area contributed by atoms with Gasteiger partial charge in [0, 0.05) is 6.92 Å². The highest BCUT2D eigenvalue weighted by Crippen LogP contribution is 2.29. The molecule has 1 aliphatic rings. The Kier molecular flexibility index (Phi) is 2.88. The van der Waals surface area contributed by atoms with Crippen LogP contribution < -0.4 is 5.32 Å². The van der Waals surface area contributed by atoms with E-state index in [9.17, 15) is 4.79 Å². The molecule has 64 valence electrons. The number of carbonyl (C=O) groups excluding carboxylic acids is 1. The van der Waals surface area contributed by atoms with Crippen LogP contribution in [0.3, 0.4) is 0 Å². The summed E-state index contributed by atoms with van der Waals surface area (Å²) in [6, 6.07) is 0.00116. The zero-order valence-electron chi connectivity index (χ0n) is 6.84. The van der Waals surface area contributed by atoms with E-state index in [1.165, 1.54) is 13.3 Å². The number of rotatable bonds is 3. The molecule has 0 saturated heterocycles. The lowest BCUT2D eigenvalue weighted by molar-refractivity contribution is -0.120. The van der Waals surface area contributed by atoms with Gasteiger partial charge in [-0.3, -0.25) is 4.79 Å². The van der Waals surface area contributed by atoms with Crippen molar-refractivity contribution < 1.29 is 9.90 Å². The van der Waals surface area contributed by atoms with E-state index >= 15 is 0 Å². The average molecular weight is 157 g/mol. The van der Waals surface area contributed by atoms with Gasteiger partial charge in [-0.05, 0) is 18.8 Å². The lowest BCUT2D eigenvalue weighted by atomic mass is 9.80. The monoisotopic (exact) mass is 157 g/mol. The van der Waals surface area contributed by atoms with Crippen molar-refractivity contribution in [2.24, 2.45) is 5.92 Å². The molecule has 1 rings (SSSR count). The molecule has 11 heavy (non-hydrogen) atoms. The van der Waals surface area contributed by atoms with Crippen molar-refractivity contribution in [3.63, 3.8) is 0 Å². The number of aliphatic hydroxyl groups excluding tert-OH is 1. The van der Waals surface area contributed by atoms with Gasteiger partial charge in [-0.25, -0.2) is 0 Å². The zero-order chi connectivity index (χ0) is 8.27. The highest BCUT2D eigenvalue weighted by molar-refractivity contribution is 5.73. The highest BCUT2D eigenvalue weighted by atomic mass is 16.3. The van der Waals surface area contributed by atoms with Crippen molar-refractivity contribution in [3.05, 3.63) is 0 Å². The van der Waals surface area contributed by atoms with Crippen LogP contribution >= 0.6 is 0 Å². The first-order valence-corrected chi connectivity index (χ1v) is 4.12. The lowest BCUT2D eigenvalue weighted by Gasteiger charge is -2.32. The van der Waals surface area contributed by atoms with Gasteiger partial charge < -0.3 is 10.4 Å². The fourth-order valence-corrected chi connectivity index (χ4v) is 1.42. The third-order valence-corrected chi connectivity index (χ3v) is 2.30. The molecule has 0 unspecified atom stereocenters. The molecule has 0 aromatic heterocycles. The van der Waals surface area contributed by atoms with Crippen LogP contribution in [0, 0.1) is 5.92 Å². The minimum absolute atomic E-state index is 0.00116. The van der Waals surface area contributed by atoms with Crippen LogP contribution in [0.4, 0.5) is 0 Å². The van der Waals surface area contributed by atoms with Crippen molar-refractivity contribution in [2.45, 2.75) is 32.2 Å². The maximum atomic E-state index is 10.6. The van der Waals surface area contributed by atoms with E-state index < -0.39 is 0 Å². The number of amides is 1. The number of nitrogens with one attached hydrogen (secondary N) is 1. The third kappa shape index (κ3) is 2.19. The van der Waals surface area contributed by atoms with Gasteiger partial charge in [0.05, 0.1) is 12.6 Å². The summed E-state index contributed by atoms with van der Waals surface area (Å²) < 4.78 is 0. The SMILES string of the molecule is CC(=O)N[C@@H](CO)C1CCC1. The fraction of sp³-hybridized carbons (Fsp3) is 0.875. The average Bonchev–Trinajstić information content (AvgIpc) is 1.81. The van der Waals surface area contributed by atoms with Crippen molar-refractivity contribution in [2.75, 3.05) is 6.61 Å². The first-order valence-electron chi connectivity index (χ1n) is 4.12. The van der Waals surface area contributed by atoms with E-state index in [-0.39, 0.29) is 18.6 Å². The Morgan fingerprint density at radius 2 is 2.36 bits per heavy atom. The van der Waals surface area contributed by atoms with E-state index in [1.807, 2.05) is 0 Å². The third-order valence-electron chi connectivity index (χ3n) is 2.30. The van der Waals surface area contributed by atoms with Gasteiger partial charge in [-0.1, -0.05) is 6.42 Å². The maximum Gasteiger partial charge on any atom is 0.217 e. The van der Waals surface area contributed by atoms with Gasteiger partial charge in [0.15, 0.2) is 0 Å². The molecule has 0 aromatic rings. The van der Waals surface area contributed by atoms with Crippen LogP contribution in [0.1, 0.15) is 26.2 Å². The van der Waals surface area contributed by atoms with E-state index in [4.69, 9.17) is 5.11 Å². The molecule has 1 saturated carbocycles. The maximum absolute atomic E-state index is 10.6. The number of carbonyl (C=O) groups is 1. The summed E-state index contributed by atoms with van der Waals surface area (Å²) in [5.74, 6) is 0.472. The molecule has 0 heterocycles. The molecule has 0 bridgehead atoms. The van der Waals surface area contributed by atoms with Crippen LogP contribution in [-0.4, -0.2) is 23.7 Å². The molecular formula is C8H15NO2. The molecule has 0 radical (unpaired) electrons. The summed E-state index contributed by atoms with van der Waals surface area (Å²) in [7, 11) is 0. The van der Waals surface area contributed by atoms with E-state index in [0.717, 1.165) is 12.8 Å². The Bertz CT molecular complexity index is 143. The van der Waals surface area contributed by atoms with Crippen LogP contribution in [-0.2, 0) is 4.79 Å². The summed E-state index contributed by atoms with van der Waals surface area (Å²) in [6.45, 7) is 1.56. The van der Waals surface area contributed by atoms with Gasteiger partial charge in [0.25, 0.3) is 0 Å². The molecule has 0 aromatic carbocycles. The summed E-state index contributed by atoms with van der Waals surface area (Å²) in [4.78, 5) is 10.6. The second-order valence-corrected chi connectivity index (χ2v) is 3.18. The zero-order valence-corrected chi connectivity index (χ0v) is 6.84. The second kappa shape index (κ2) is 3.72. The molecule has 1 atom stereocenters. The summed E-state index contributed by atoms with van der Waals surface area (Å²) in [5.41, 5.74) is 0. The summed E-state index contributed by atoms with van der Waals surface area (Å²) in [5, 5.41) is 11.6. The molecular weight excluding hydrogens is 142 g/mol. The first kappa shape index (κ1) is 8.53. The molecule has 2 N–H and O–H groups in total. The Morgan fingerprint density at radius 3 is 2.64 bits per heavy atom. The fourth-order valence-electron chi connectivity index (χ4n) is 1.42. The minimum Gasteiger partial charge on any atom is -0.394 e. The predicted molar refractivity (Wildman–Crippen MR) is 42.0 cm³/mol. The number of hydrogen-bond donors (Lipinski definition) is 2. The van der Waals surface area contributed by atoms with Gasteiger partial charge in [-0.2, -0.15) is 0 Å². The van der Waals surface area contributed by atoms with Crippen molar-refractivity contribution >= 4 is 5.91 Å². The second-order valence-electron chi connectivity index (χ2n) is 3.18. The highest BCUT2D eigenvalue weighted by Gasteiger charge is 2.26. The molecule has 1 fully saturated rings. The van der Waals surface area contributed by atoms with Crippen LogP contribution in [0.15, 0.2) is 0 Å². The Labute approximate surface area is 66.8 Å². The van der Waals surface area contributed by atoms with Crippen LogP contribution in [0.25, 0.3) is 0 Å². The van der Waals surface area contributed by atoms with Crippen molar-refractivity contribution in [1.29, 1.82) is 0 Å².